The second kappa shape index (κ2) is 15.5. The van der Waals surface area contributed by atoms with Crippen molar-refractivity contribution in [1.82, 2.24) is 0 Å². The van der Waals surface area contributed by atoms with E-state index >= 15 is 0 Å². The first-order valence-electron chi connectivity index (χ1n) is 10.3. The van der Waals surface area contributed by atoms with Crippen LogP contribution in [0, 0.1) is 0 Å². The Morgan fingerprint density at radius 3 is 1.08 bits per heavy atom. The third-order valence-corrected chi connectivity index (χ3v) is 7.35. The maximum Gasteiger partial charge on any atom is 0.139 e. The topological polar surface area (TPSA) is 36.9 Å². The van der Waals surface area contributed by atoms with Crippen LogP contribution >= 0.6 is 0 Å². The lowest BCUT2D eigenvalue weighted by atomic mass is 10.4. The molecule has 1 rings (SSSR count). The molecule has 150 valence electrons. The van der Waals surface area contributed by atoms with Crippen molar-refractivity contribution in [3.05, 3.63) is 24.3 Å². The van der Waals surface area contributed by atoms with E-state index in [1.807, 2.05) is 0 Å². The van der Waals surface area contributed by atoms with Crippen molar-refractivity contribution in [2.75, 3.05) is 26.4 Å². The van der Waals surface area contributed by atoms with Crippen molar-refractivity contribution in [1.29, 1.82) is 0 Å². The van der Waals surface area contributed by atoms with E-state index in [9.17, 15) is 0 Å². The van der Waals surface area contributed by atoms with E-state index < -0.39 is 19.0 Å². The molecule has 0 fully saturated rings. The zero-order chi connectivity index (χ0) is 19.0. The molecular formula is C20H38O4Si2. The predicted molar refractivity (Wildman–Crippen MR) is 115 cm³/mol. The normalized spacial score (nSPS) is 12.5. The Balaban J connectivity index is 2.58. The van der Waals surface area contributed by atoms with E-state index in [2.05, 4.69) is 52.0 Å². The lowest BCUT2D eigenvalue weighted by molar-refractivity contribution is -0.0896. The average molecular weight is 399 g/mol. The summed E-state index contributed by atoms with van der Waals surface area (Å²) in [5.41, 5.74) is 0. The minimum Gasteiger partial charge on any atom is -0.357 e. The third-order valence-electron chi connectivity index (χ3n) is 3.86. The van der Waals surface area contributed by atoms with Gasteiger partial charge in [0.15, 0.2) is 0 Å². The highest BCUT2D eigenvalue weighted by Gasteiger charge is 2.13. The summed E-state index contributed by atoms with van der Waals surface area (Å²) < 4.78 is 23.6. The minimum atomic E-state index is -0.599. The van der Waals surface area contributed by atoms with Gasteiger partial charge < -0.3 is 18.9 Å². The molecule has 26 heavy (non-hydrogen) atoms. The molecule has 0 aliphatic rings. The van der Waals surface area contributed by atoms with Crippen molar-refractivity contribution in [2.45, 2.75) is 65.2 Å². The van der Waals surface area contributed by atoms with Gasteiger partial charge in [0.25, 0.3) is 0 Å². The van der Waals surface area contributed by atoms with Gasteiger partial charge in [0.05, 0.1) is 0 Å². The molecule has 6 heteroatoms. The van der Waals surface area contributed by atoms with Crippen LogP contribution in [0.4, 0.5) is 0 Å². The van der Waals surface area contributed by atoms with Gasteiger partial charge in [-0.25, -0.2) is 0 Å². The Kier molecular flexibility index (Phi) is 14.1. The quantitative estimate of drug-likeness (QED) is 0.313. The molecule has 0 saturated heterocycles. The summed E-state index contributed by atoms with van der Waals surface area (Å²) in [5.74, 6) is -0.0157. The van der Waals surface area contributed by atoms with E-state index in [-0.39, 0.29) is 11.8 Å². The Hall–Kier alpha value is -0.506. The second-order valence-electron chi connectivity index (χ2n) is 6.57. The highest BCUT2D eigenvalue weighted by atomic mass is 28.2. The van der Waals surface area contributed by atoms with Crippen molar-refractivity contribution in [3.8, 4) is 0 Å². The number of ether oxygens (including phenoxy) is 4. The van der Waals surface area contributed by atoms with E-state index in [1.54, 1.807) is 0 Å². The van der Waals surface area contributed by atoms with Gasteiger partial charge >= 0.3 is 0 Å². The Bertz CT molecular complexity index is 385. The van der Waals surface area contributed by atoms with Crippen LogP contribution in [0.5, 0.6) is 0 Å². The van der Waals surface area contributed by atoms with E-state index in [4.69, 9.17) is 18.9 Å². The molecule has 0 spiro atoms. The van der Waals surface area contributed by atoms with Crippen LogP contribution in [-0.2, 0) is 18.9 Å². The van der Waals surface area contributed by atoms with Crippen LogP contribution in [-0.4, -0.2) is 57.3 Å². The lowest BCUT2D eigenvalue weighted by Gasteiger charge is -2.19. The van der Waals surface area contributed by atoms with Crippen LogP contribution < -0.4 is 10.4 Å². The number of benzene rings is 1. The zero-order valence-corrected chi connectivity index (χ0v) is 20.0. The van der Waals surface area contributed by atoms with Crippen LogP contribution in [0.1, 0.15) is 53.4 Å². The summed E-state index contributed by atoms with van der Waals surface area (Å²) in [4.78, 5) is 0. The van der Waals surface area contributed by atoms with Crippen LogP contribution in [0.3, 0.4) is 0 Å². The number of rotatable bonds is 16. The minimum absolute atomic E-state index is 0.00785. The lowest BCUT2D eigenvalue weighted by Crippen LogP contribution is -2.36. The van der Waals surface area contributed by atoms with Gasteiger partial charge in [-0.3, -0.25) is 0 Å². The predicted octanol–water partition coefficient (Wildman–Crippen LogP) is 1.55. The van der Waals surface area contributed by atoms with Gasteiger partial charge in [0, 0.05) is 26.4 Å². The highest BCUT2D eigenvalue weighted by Crippen LogP contribution is 1.99. The van der Waals surface area contributed by atoms with Crippen LogP contribution in [0.25, 0.3) is 0 Å². The molecular weight excluding hydrogens is 360 g/mol. The van der Waals surface area contributed by atoms with Crippen molar-refractivity contribution in [3.63, 3.8) is 0 Å². The molecule has 0 atom stereocenters. The van der Waals surface area contributed by atoms with E-state index in [1.165, 1.54) is 10.4 Å². The van der Waals surface area contributed by atoms with Gasteiger partial charge in [0.1, 0.15) is 30.9 Å². The summed E-state index contributed by atoms with van der Waals surface area (Å²) in [7, 11) is -1.20. The summed E-state index contributed by atoms with van der Waals surface area (Å²) in [6.07, 6.45) is 4.12. The number of hydrogen-bond donors (Lipinski definition) is 0. The maximum atomic E-state index is 5.89. The second-order valence-corrected chi connectivity index (χ2v) is 10.3. The van der Waals surface area contributed by atoms with Crippen molar-refractivity contribution < 1.29 is 18.9 Å². The molecule has 0 aliphatic heterocycles. The fourth-order valence-electron chi connectivity index (χ4n) is 2.53. The number of hydrogen-bond acceptors (Lipinski definition) is 4. The summed E-state index contributed by atoms with van der Waals surface area (Å²) in [6, 6.07) is 9.01. The first-order valence-corrected chi connectivity index (χ1v) is 13.3. The van der Waals surface area contributed by atoms with Crippen LogP contribution in [0.2, 0.25) is 0 Å². The van der Waals surface area contributed by atoms with Gasteiger partial charge in [0.2, 0.25) is 0 Å². The fourth-order valence-corrected chi connectivity index (χ4v) is 5.45. The zero-order valence-electron chi connectivity index (χ0n) is 17.2. The van der Waals surface area contributed by atoms with Gasteiger partial charge in [-0.2, -0.15) is 0 Å². The molecule has 0 aromatic heterocycles. The molecule has 0 unspecified atom stereocenters. The first-order chi connectivity index (χ1) is 12.7. The van der Waals surface area contributed by atoms with Crippen molar-refractivity contribution in [2.24, 2.45) is 0 Å². The molecule has 0 saturated carbocycles. The summed E-state index contributed by atoms with van der Waals surface area (Å²) in [5, 5.41) is 2.78. The smallest absolute Gasteiger partial charge is 0.139 e. The van der Waals surface area contributed by atoms with Gasteiger partial charge in [-0.15, -0.1) is 0 Å². The van der Waals surface area contributed by atoms with Crippen molar-refractivity contribution >= 4 is 29.4 Å². The standard InChI is InChI=1S/C20H38O4Si2/c1-5-13-21-19(22-14-6-2)25-17-9-11-18(12-10-17)26-20(23-15-7-3)24-16-8-4/h9-12,19-20H,5-8,13-16,25-26H2,1-4H3. The molecule has 0 bridgehead atoms. The highest BCUT2D eigenvalue weighted by molar-refractivity contribution is 6.56. The third kappa shape index (κ3) is 10.6. The molecule has 1 aromatic carbocycles. The Morgan fingerprint density at radius 2 is 0.846 bits per heavy atom. The summed E-state index contributed by atoms with van der Waals surface area (Å²) in [6.45, 7) is 11.6. The first kappa shape index (κ1) is 23.5. The maximum absolute atomic E-state index is 5.89. The molecule has 0 N–H and O–H groups in total. The molecule has 0 heterocycles. The molecule has 0 radical (unpaired) electrons. The largest absolute Gasteiger partial charge is 0.357 e. The van der Waals surface area contributed by atoms with Gasteiger partial charge in [-0.1, -0.05) is 62.3 Å². The molecule has 4 nitrogen and oxygen atoms in total. The molecule has 1 aromatic rings. The SMILES string of the molecule is CCCOC(OCCC)[SiH2]c1ccc([SiH2]C(OCCC)OCCC)cc1. The fraction of sp³-hybridized carbons (Fsp3) is 0.700. The Labute approximate surface area is 164 Å². The van der Waals surface area contributed by atoms with Gasteiger partial charge in [-0.05, 0) is 25.7 Å². The van der Waals surface area contributed by atoms with E-state index in [0.717, 1.165) is 52.1 Å². The molecule has 0 aliphatic carbocycles. The molecule has 0 amide bonds. The van der Waals surface area contributed by atoms with E-state index in [0.29, 0.717) is 0 Å². The monoisotopic (exact) mass is 398 g/mol. The Morgan fingerprint density at radius 1 is 0.577 bits per heavy atom. The summed E-state index contributed by atoms with van der Waals surface area (Å²) >= 11 is 0. The van der Waals surface area contributed by atoms with Crippen LogP contribution in [0.15, 0.2) is 24.3 Å². The average Bonchev–Trinajstić information content (AvgIpc) is 2.67.